The molecule has 4 aliphatic carbocycles. The SMILES string of the molecule is C[C@]12CCC3=C4CCCC=C4CC[C@H]3[C@@H]1CC[C@@H]2O. The molecule has 0 aromatic rings. The molecule has 0 spiro atoms. The summed E-state index contributed by atoms with van der Waals surface area (Å²) in [5, 5.41) is 10.4. The van der Waals surface area contributed by atoms with Gasteiger partial charge < -0.3 is 5.11 Å². The second-order valence-corrected chi connectivity index (χ2v) is 7.48. The Morgan fingerprint density at radius 1 is 1.16 bits per heavy atom. The summed E-state index contributed by atoms with van der Waals surface area (Å²) in [7, 11) is 0. The number of allylic oxidation sites excluding steroid dienone is 4. The van der Waals surface area contributed by atoms with Crippen molar-refractivity contribution in [2.24, 2.45) is 17.3 Å². The van der Waals surface area contributed by atoms with E-state index in [1.807, 2.05) is 5.57 Å². The zero-order valence-electron chi connectivity index (χ0n) is 12.1. The third-order valence-corrected chi connectivity index (χ3v) is 6.75. The molecule has 4 rings (SSSR count). The van der Waals surface area contributed by atoms with Crippen molar-refractivity contribution >= 4 is 0 Å². The van der Waals surface area contributed by atoms with E-state index in [1.54, 1.807) is 11.1 Å². The molecule has 0 saturated heterocycles. The largest absolute Gasteiger partial charge is 0.393 e. The highest BCUT2D eigenvalue weighted by Crippen LogP contribution is 2.59. The third kappa shape index (κ3) is 1.63. The van der Waals surface area contributed by atoms with E-state index >= 15 is 0 Å². The van der Waals surface area contributed by atoms with Crippen LogP contribution in [0.2, 0.25) is 0 Å². The van der Waals surface area contributed by atoms with Gasteiger partial charge in [0.25, 0.3) is 0 Å². The lowest BCUT2D eigenvalue weighted by molar-refractivity contribution is 0.00315. The Kier molecular flexibility index (Phi) is 2.71. The first-order valence-electron chi connectivity index (χ1n) is 8.29. The second kappa shape index (κ2) is 4.22. The van der Waals surface area contributed by atoms with Gasteiger partial charge in [-0.15, -0.1) is 0 Å². The summed E-state index contributed by atoms with van der Waals surface area (Å²) in [4.78, 5) is 0. The van der Waals surface area contributed by atoms with Gasteiger partial charge in [-0.1, -0.05) is 18.6 Å². The maximum absolute atomic E-state index is 10.4. The Bertz CT molecular complexity index is 458. The van der Waals surface area contributed by atoms with Gasteiger partial charge >= 0.3 is 0 Å². The lowest BCUT2D eigenvalue weighted by Gasteiger charge is -2.48. The molecule has 0 aromatic carbocycles. The number of aliphatic hydroxyl groups is 1. The Balaban J connectivity index is 1.74. The zero-order chi connectivity index (χ0) is 13.0. The van der Waals surface area contributed by atoms with E-state index < -0.39 is 0 Å². The van der Waals surface area contributed by atoms with E-state index in [0.717, 1.165) is 18.3 Å². The predicted molar refractivity (Wildman–Crippen MR) is 77.8 cm³/mol. The summed E-state index contributed by atoms with van der Waals surface area (Å²) >= 11 is 0. The van der Waals surface area contributed by atoms with Crippen LogP contribution in [0.15, 0.2) is 22.8 Å². The van der Waals surface area contributed by atoms with Gasteiger partial charge in [-0.3, -0.25) is 0 Å². The first kappa shape index (κ1) is 12.2. The van der Waals surface area contributed by atoms with Crippen molar-refractivity contribution in [1.29, 1.82) is 0 Å². The fourth-order valence-electron chi connectivity index (χ4n) is 5.61. The van der Waals surface area contributed by atoms with E-state index in [9.17, 15) is 5.11 Å². The lowest BCUT2D eigenvalue weighted by Crippen LogP contribution is -2.41. The minimum Gasteiger partial charge on any atom is -0.393 e. The monoisotopic (exact) mass is 258 g/mol. The van der Waals surface area contributed by atoms with Crippen LogP contribution >= 0.6 is 0 Å². The molecule has 0 radical (unpaired) electrons. The van der Waals surface area contributed by atoms with Crippen LogP contribution in [0.1, 0.15) is 64.7 Å². The van der Waals surface area contributed by atoms with Gasteiger partial charge in [0.05, 0.1) is 6.10 Å². The summed E-state index contributed by atoms with van der Waals surface area (Å²) in [6, 6.07) is 0. The van der Waals surface area contributed by atoms with Gasteiger partial charge in [0.2, 0.25) is 0 Å². The second-order valence-electron chi connectivity index (χ2n) is 7.48. The molecule has 0 bridgehead atoms. The Morgan fingerprint density at radius 3 is 2.95 bits per heavy atom. The van der Waals surface area contributed by atoms with Gasteiger partial charge in [0, 0.05) is 0 Å². The van der Waals surface area contributed by atoms with Crippen LogP contribution in [0.25, 0.3) is 0 Å². The molecule has 0 unspecified atom stereocenters. The Labute approximate surface area is 116 Å². The average molecular weight is 258 g/mol. The quantitative estimate of drug-likeness (QED) is 0.684. The van der Waals surface area contributed by atoms with Crippen LogP contribution in [0.3, 0.4) is 0 Å². The van der Waals surface area contributed by atoms with Gasteiger partial charge in [0.1, 0.15) is 0 Å². The summed E-state index contributed by atoms with van der Waals surface area (Å²) in [6.45, 7) is 2.36. The summed E-state index contributed by atoms with van der Waals surface area (Å²) in [5.41, 5.74) is 5.49. The molecule has 1 heteroatoms. The highest BCUT2D eigenvalue weighted by molar-refractivity contribution is 5.42. The number of hydrogen-bond donors (Lipinski definition) is 1. The molecule has 1 N–H and O–H groups in total. The van der Waals surface area contributed by atoms with Gasteiger partial charge in [-0.05, 0) is 86.2 Å². The number of rotatable bonds is 0. The number of fused-ring (bicyclic) bond motifs is 4. The smallest absolute Gasteiger partial charge is 0.0596 e. The Hall–Kier alpha value is -0.560. The molecule has 19 heavy (non-hydrogen) atoms. The first-order valence-corrected chi connectivity index (χ1v) is 8.29. The molecule has 4 atom stereocenters. The highest BCUT2D eigenvalue weighted by Gasteiger charge is 2.52. The van der Waals surface area contributed by atoms with E-state index in [0.29, 0.717) is 0 Å². The molecule has 0 amide bonds. The predicted octanol–water partition coefficient (Wildman–Crippen LogP) is 4.37. The molecular weight excluding hydrogens is 232 g/mol. The van der Waals surface area contributed by atoms with Crippen molar-refractivity contribution in [3.63, 3.8) is 0 Å². The van der Waals surface area contributed by atoms with Crippen molar-refractivity contribution in [1.82, 2.24) is 0 Å². The summed E-state index contributed by atoms with van der Waals surface area (Å²) < 4.78 is 0. The van der Waals surface area contributed by atoms with Crippen molar-refractivity contribution in [2.75, 3.05) is 0 Å². The molecule has 2 fully saturated rings. The summed E-state index contributed by atoms with van der Waals surface area (Å²) in [6.07, 6.45) is 13.9. The molecule has 0 aromatic heterocycles. The maximum atomic E-state index is 10.4. The molecule has 1 nitrogen and oxygen atoms in total. The van der Waals surface area contributed by atoms with Gasteiger partial charge in [0.15, 0.2) is 0 Å². The standard InChI is InChI=1S/C18H26O/c1-18-11-10-14-13-5-3-2-4-12(13)6-7-15(14)16(18)8-9-17(18)19/h4,15-17,19H,2-3,5-11H2,1H3/t15-,16+,17+,18+/m1/s1. The lowest BCUT2D eigenvalue weighted by atomic mass is 9.57. The van der Waals surface area contributed by atoms with Crippen LogP contribution in [-0.4, -0.2) is 11.2 Å². The van der Waals surface area contributed by atoms with Crippen molar-refractivity contribution in [3.8, 4) is 0 Å². The van der Waals surface area contributed by atoms with E-state index in [-0.39, 0.29) is 11.5 Å². The summed E-state index contributed by atoms with van der Waals surface area (Å²) in [5.74, 6) is 1.57. The third-order valence-electron chi connectivity index (χ3n) is 6.75. The van der Waals surface area contributed by atoms with E-state index in [1.165, 1.54) is 51.4 Å². The normalized spacial score (nSPS) is 45.4. The zero-order valence-corrected chi connectivity index (χ0v) is 12.1. The fraction of sp³-hybridized carbons (Fsp3) is 0.778. The van der Waals surface area contributed by atoms with Crippen LogP contribution in [0.4, 0.5) is 0 Å². The Morgan fingerprint density at radius 2 is 2.05 bits per heavy atom. The average Bonchev–Trinajstić information content (AvgIpc) is 2.75. The van der Waals surface area contributed by atoms with Gasteiger partial charge in [-0.2, -0.15) is 0 Å². The number of hydrogen-bond acceptors (Lipinski definition) is 1. The van der Waals surface area contributed by atoms with E-state index in [4.69, 9.17) is 0 Å². The van der Waals surface area contributed by atoms with Crippen LogP contribution < -0.4 is 0 Å². The van der Waals surface area contributed by atoms with Crippen molar-refractivity contribution in [3.05, 3.63) is 22.8 Å². The molecule has 2 saturated carbocycles. The minimum absolute atomic E-state index is 0.0349. The minimum atomic E-state index is -0.0349. The molecule has 104 valence electrons. The maximum Gasteiger partial charge on any atom is 0.0596 e. The van der Waals surface area contributed by atoms with Crippen LogP contribution in [0.5, 0.6) is 0 Å². The number of aliphatic hydroxyl groups excluding tert-OH is 1. The topological polar surface area (TPSA) is 20.2 Å². The van der Waals surface area contributed by atoms with Gasteiger partial charge in [-0.25, -0.2) is 0 Å². The van der Waals surface area contributed by atoms with Crippen LogP contribution in [0, 0.1) is 17.3 Å². The van der Waals surface area contributed by atoms with Crippen LogP contribution in [-0.2, 0) is 0 Å². The van der Waals surface area contributed by atoms with Crippen molar-refractivity contribution < 1.29 is 5.11 Å². The molecule has 4 aliphatic rings. The first-order chi connectivity index (χ1) is 9.20. The molecule has 0 aliphatic heterocycles. The molecular formula is C18H26O. The van der Waals surface area contributed by atoms with E-state index in [2.05, 4.69) is 13.0 Å². The fourth-order valence-corrected chi connectivity index (χ4v) is 5.61. The molecule has 0 heterocycles. The highest BCUT2D eigenvalue weighted by atomic mass is 16.3. The van der Waals surface area contributed by atoms with Crippen molar-refractivity contribution in [2.45, 2.75) is 70.8 Å².